The molecule has 0 radical (unpaired) electrons. The summed E-state index contributed by atoms with van der Waals surface area (Å²) in [5, 5.41) is 2.36. The molecule has 2 heterocycles. The highest BCUT2D eigenvalue weighted by molar-refractivity contribution is 7.13. The number of carbonyl (C=O) groups is 2. The first kappa shape index (κ1) is 17.4. The van der Waals surface area contributed by atoms with Gasteiger partial charge in [0.05, 0.1) is 0 Å². The Labute approximate surface area is 159 Å². The van der Waals surface area contributed by atoms with Crippen LogP contribution in [0.25, 0.3) is 10.6 Å². The van der Waals surface area contributed by atoms with Crippen LogP contribution in [0.3, 0.4) is 0 Å². The van der Waals surface area contributed by atoms with Gasteiger partial charge in [-0.3, -0.25) is 9.59 Å². The van der Waals surface area contributed by atoms with Crippen molar-refractivity contribution in [2.24, 2.45) is 5.73 Å². The number of primary amides is 1. The Balaban J connectivity index is 1.66. The minimum atomic E-state index is -0.492. The van der Waals surface area contributed by atoms with E-state index in [-0.39, 0.29) is 11.7 Å². The number of carbonyl (C=O) groups excluding carboxylic acids is 2. The minimum absolute atomic E-state index is 0.220. The van der Waals surface area contributed by atoms with Crippen molar-refractivity contribution in [3.05, 3.63) is 70.5 Å². The molecule has 27 heavy (non-hydrogen) atoms. The molecule has 0 saturated carbocycles. The Bertz CT molecular complexity index is 1030. The average Bonchev–Trinajstić information content (AvgIpc) is 3.17. The zero-order valence-corrected chi connectivity index (χ0v) is 15.1. The average molecular weight is 381 g/mol. The second-order valence-electron chi connectivity index (χ2n) is 6.27. The molecule has 2 N–H and O–H groups in total. The standard InChI is InChI=1S/C20H16FN3O2S/c21-13-8-6-12(7-9-13)19-23-16(11-27-19)20(26)24-10-2-4-14-15(18(22)25)3-1-5-17(14)24/h1,3,5-9,11H,2,4,10H2,(H2,22,25). The normalized spacial score (nSPS) is 13.3. The number of nitrogens with zero attached hydrogens (tertiary/aromatic N) is 2. The zero-order valence-electron chi connectivity index (χ0n) is 14.3. The number of fused-ring (bicyclic) bond motifs is 1. The fourth-order valence-electron chi connectivity index (χ4n) is 3.30. The third-order valence-electron chi connectivity index (χ3n) is 4.58. The lowest BCUT2D eigenvalue weighted by atomic mass is 9.95. The number of thiazole rings is 1. The highest BCUT2D eigenvalue weighted by atomic mass is 32.1. The molecule has 7 heteroatoms. The number of aromatic nitrogens is 1. The van der Waals surface area contributed by atoms with Gasteiger partial charge in [-0.1, -0.05) is 6.07 Å². The molecule has 2 aromatic carbocycles. The SMILES string of the molecule is NC(=O)c1cccc2c1CCCN2C(=O)c1csc(-c2ccc(F)cc2)n1. The van der Waals surface area contributed by atoms with Crippen molar-refractivity contribution in [2.45, 2.75) is 12.8 Å². The van der Waals surface area contributed by atoms with Gasteiger partial charge in [0.1, 0.15) is 16.5 Å². The van der Waals surface area contributed by atoms with Crippen LogP contribution in [0.1, 0.15) is 32.8 Å². The predicted molar refractivity (Wildman–Crippen MR) is 102 cm³/mol. The lowest BCUT2D eigenvalue weighted by Crippen LogP contribution is -2.36. The summed E-state index contributed by atoms with van der Waals surface area (Å²) < 4.78 is 13.1. The molecule has 1 aliphatic rings. The summed E-state index contributed by atoms with van der Waals surface area (Å²) in [6.45, 7) is 0.553. The third kappa shape index (κ3) is 3.21. The third-order valence-corrected chi connectivity index (χ3v) is 5.47. The molecule has 0 spiro atoms. The molecule has 0 aliphatic carbocycles. The quantitative estimate of drug-likeness (QED) is 0.752. The van der Waals surface area contributed by atoms with Crippen LogP contribution in [0.4, 0.5) is 10.1 Å². The van der Waals surface area contributed by atoms with Gasteiger partial charge in [-0.15, -0.1) is 11.3 Å². The van der Waals surface area contributed by atoms with E-state index in [1.807, 2.05) is 6.07 Å². The first-order valence-electron chi connectivity index (χ1n) is 8.49. The van der Waals surface area contributed by atoms with Crippen LogP contribution in [-0.2, 0) is 6.42 Å². The fourth-order valence-corrected chi connectivity index (χ4v) is 4.10. The van der Waals surface area contributed by atoms with Crippen LogP contribution in [0, 0.1) is 5.82 Å². The van der Waals surface area contributed by atoms with E-state index in [1.165, 1.54) is 23.5 Å². The van der Waals surface area contributed by atoms with Gasteiger partial charge in [-0.25, -0.2) is 9.37 Å². The maximum atomic E-state index is 13.1. The molecule has 1 aliphatic heterocycles. The van der Waals surface area contributed by atoms with Gasteiger partial charge in [0, 0.05) is 28.7 Å². The summed E-state index contributed by atoms with van der Waals surface area (Å²) in [4.78, 5) is 30.8. The number of anilines is 1. The number of rotatable bonds is 3. The molecular formula is C20H16FN3O2S. The van der Waals surface area contributed by atoms with Crippen molar-refractivity contribution in [3.8, 4) is 10.6 Å². The Kier molecular flexibility index (Phi) is 4.45. The molecule has 1 aromatic heterocycles. The summed E-state index contributed by atoms with van der Waals surface area (Å²) in [6, 6.07) is 11.2. The molecule has 5 nitrogen and oxygen atoms in total. The molecule has 4 rings (SSSR count). The topological polar surface area (TPSA) is 76.3 Å². The van der Waals surface area contributed by atoms with Gasteiger partial charge in [-0.05, 0) is 54.8 Å². The Hall–Kier alpha value is -3.06. The summed E-state index contributed by atoms with van der Waals surface area (Å²) >= 11 is 1.34. The van der Waals surface area contributed by atoms with E-state index in [1.54, 1.807) is 34.5 Å². The highest BCUT2D eigenvalue weighted by Crippen LogP contribution is 2.32. The van der Waals surface area contributed by atoms with E-state index in [4.69, 9.17) is 5.73 Å². The van der Waals surface area contributed by atoms with Gasteiger partial charge in [0.2, 0.25) is 5.91 Å². The number of amides is 2. The van der Waals surface area contributed by atoms with Crippen LogP contribution in [0.15, 0.2) is 47.8 Å². The largest absolute Gasteiger partial charge is 0.366 e. The lowest BCUT2D eigenvalue weighted by Gasteiger charge is -2.30. The van der Waals surface area contributed by atoms with E-state index in [0.29, 0.717) is 34.9 Å². The van der Waals surface area contributed by atoms with E-state index >= 15 is 0 Å². The molecule has 3 aromatic rings. The minimum Gasteiger partial charge on any atom is -0.366 e. The summed E-state index contributed by atoms with van der Waals surface area (Å²) in [7, 11) is 0. The van der Waals surface area contributed by atoms with Crippen molar-refractivity contribution in [3.63, 3.8) is 0 Å². The molecule has 0 unspecified atom stereocenters. The van der Waals surface area contributed by atoms with Crippen LogP contribution in [-0.4, -0.2) is 23.3 Å². The van der Waals surface area contributed by atoms with Gasteiger partial charge in [0.15, 0.2) is 0 Å². The number of halogens is 1. The number of benzene rings is 2. The molecule has 0 fully saturated rings. The molecule has 0 bridgehead atoms. The molecule has 0 saturated heterocycles. The Morgan fingerprint density at radius 1 is 1.15 bits per heavy atom. The van der Waals surface area contributed by atoms with Crippen molar-refractivity contribution in [1.82, 2.24) is 4.98 Å². The molecule has 2 amide bonds. The van der Waals surface area contributed by atoms with Gasteiger partial charge < -0.3 is 10.6 Å². The number of hydrogen-bond acceptors (Lipinski definition) is 4. The van der Waals surface area contributed by atoms with Crippen LogP contribution >= 0.6 is 11.3 Å². The highest BCUT2D eigenvalue weighted by Gasteiger charge is 2.27. The Morgan fingerprint density at radius 3 is 2.67 bits per heavy atom. The van der Waals surface area contributed by atoms with Crippen molar-refractivity contribution < 1.29 is 14.0 Å². The monoisotopic (exact) mass is 381 g/mol. The first-order chi connectivity index (χ1) is 13.0. The number of hydrogen-bond donors (Lipinski definition) is 1. The van der Waals surface area contributed by atoms with Crippen molar-refractivity contribution in [1.29, 1.82) is 0 Å². The second kappa shape index (κ2) is 6.92. The summed E-state index contributed by atoms with van der Waals surface area (Å²) in [5.41, 5.74) is 8.52. The van der Waals surface area contributed by atoms with Crippen LogP contribution < -0.4 is 10.6 Å². The molecule has 0 atom stereocenters. The Morgan fingerprint density at radius 2 is 1.93 bits per heavy atom. The zero-order chi connectivity index (χ0) is 19.0. The van der Waals surface area contributed by atoms with Gasteiger partial charge in [-0.2, -0.15) is 0 Å². The maximum Gasteiger partial charge on any atom is 0.277 e. The van der Waals surface area contributed by atoms with Crippen LogP contribution in [0.5, 0.6) is 0 Å². The van der Waals surface area contributed by atoms with E-state index in [2.05, 4.69) is 4.98 Å². The first-order valence-corrected chi connectivity index (χ1v) is 9.37. The second-order valence-corrected chi connectivity index (χ2v) is 7.13. The van der Waals surface area contributed by atoms with Crippen molar-refractivity contribution >= 4 is 28.8 Å². The van der Waals surface area contributed by atoms with E-state index in [0.717, 1.165) is 17.5 Å². The number of nitrogens with two attached hydrogens (primary N) is 1. The van der Waals surface area contributed by atoms with Gasteiger partial charge >= 0.3 is 0 Å². The summed E-state index contributed by atoms with van der Waals surface area (Å²) in [5.74, 6) is -1.03. The summed E-state index contributed by atoms with van der Waals surface area (Å²) in [6.07, 6.45) is 1.45. The maximum absolute atomic E-state index is 13.1. The van der Waals surface area contributed by atoms with Crippen LogP contribution in [0.2, 0.25) is 0 Å². The van der Waals surface area contributed by atoms with E-state index in [9.17, 15) is 14.0 Å². The molecule has 136 valence electrons. The predicted octanol–water partition coefficient (Wildman–Crippen LogP) is 3.64. The van der Waals surface area contributed by atoms with Crippen molar-refractivity contribution in [2.75, 3.05) is 11.4 Å². The fraction of sp³-hybridized carbons (Fsp3) is 0.150. The lowest BCUT2D eigenvalue weighted by molar-refractivity contribution is 0.0974. The van der Waals surface area contributed by atoms with E-state index < -0.39 is 5.91 Å². The molecular weight excluding hydrogens is 365 g/mol. The van der Waals surface area contributed by atoms with Gasteiger partial charge in [0.25, 0.3) is 5.91 Å². The smallest absolute Gasteiger partial charge is 0.277 e.